The first-order valence-corrected chi connectivity index (χ1v) is 5.41. The van der Waals surface area contributed by atoms with E-state index in [2.05, 4.69) is 18.0 Å². The number of aromatic nitrogens is 1. The van der Waals surface area contributed by atoms with E-state index in [9.17, 15) is 0 Å². The highest BCUT2D eigenvalue weighted by atomic mass is 14.7. The average molecular weight is 198 g/mol. The van der Waals surface area contributed by atoms with Crippen LogP contribution in [0.4, 0.5) is 5.69 Å². The largest absolute Gasteiger partial charge is 0.398 e. The van der Waals surface area contributed by atoms with Gasteiger partial charge in [0.1, 0.15) is 0 Å². The van der Waals surface area contributed by atoms with Gasteiger partial charge in [0.2, 0.25) is 0 Å². The molecule has 2 aromatic rings. The summed E-state index contributed by atoms with van der Waals surface area (Å²) in [6.45, 7) is 2.26. The molecule has 1 aliphatic rings. The average Bonchev–Trinajstić information content (AvgIpc) is 2.59. The van der Waals surface area contributed by atoms with Crippen LogP contribution in [0, 0.1) is 5.92 Å². The Bertz CT molecular complexity index is 531. The molecule has 2 heteroatoms. The summed E-state index contributed by atoms with van der Waals surface area (Å²) in [5, 5.41) is 1.10. The SMILES string of the molecule is C[C@H]1Cc2nc3ccccc3c(N)c2C1. The summed E-state index contributed by atoms with van der Waals surface area (Å²) in [5.41, 5.74) is 10.7. The molecule has 2 N–H and O–H groups in total. The first-order chi connectivity index (χ1) is 7.25. The van der Waals surface area contributed by atoms with E-state index >= 15 is 0 Å². The molecule has 0 saturated carbocycles. The van der Waals surface area contributed by atoms with Crippen molar-refractivity contribution in [3.8, 4) is 0 Å². The number of rotatable bonds is 0. The summed E-state index contributed by atoms with van der Waals surface area (Å²) in [4.78, 5) is 4.69. The third kappa shape index (κ3) is 1.21. The van der Waals surface area contributed by atoms with Gasteiger partial charge < -0.3 is 5.73 Å². The van der Waals surface area contributed by atoms with E-state index in [0.29, 0.717) is 5.92 Å². The quantitative estimate of drug-likeness (QED) is 0.706. The van der Waals surface area contributed by atoms with E-state index in [1.165, 1.54) is 11.3 Å². The Morgan fingerprint density at radius 1 is 1.27 bits per heavy atom. The minimum Gasteiger partial charge on any atom is -0.398 e. The van der Waals surface area contributed by atoms with Crippen molar-refractivity contribution in [2.24, 2.45) is 5.92 Å². The number of fused-ring (bicyclic) bond motifs is 2. The van der Waals surface area contributed by atoms with Crippen molar-refractivity contribution in [3.05, 3.63) is 35.5 Å². The molecule has 15 heavy (non-hydrogen) atoms. The third-order valence-corrected chi connectivity index (χ3v) is 3.22. The van der Waals surface area contributed by atoms with Crippen LogP contribution < -0.4 is 5.73 Å². The molecule has 1 aliphatic carbocycles. The van der Waals surface area contributed by atoms with Gasteiger partial charge in [-0.2, -0.15) is 0 Å². The molecule has 0 radical (unpaired) electrons. The van der Waals surface area contributed by atoms with E-state index in [4.69, 9.17) is 5.73 Å². The van der Waals surface area contributed by atoms with Crippen LogP contribution in [0.2, 0.25) is 0 Å². The van der Waals surface area contributed by atoms with Crippen molar-refractivity contribution < 1.29 is 0 Å². The fourth-order valence-electron chi connectivity index (χ4n) is 2.48. The molecule has 0 bridgehead atoms. The molecule has 0 spiro atoms. The predicted molar refractivity (Wildman–Crippen MR) is 62.7 cm³/mol. The van der Waals surface area contributed by atoms with Crippen LogP contribution in [0.15, 0.2) is 24.3 Å². The zero-order chi connectivity index (χ0) is 10.4. The Balaban J connectivity index is 2.35. The lowest BCUT2D eigenvalue weighted by Crippen LogP contribution is -1.98. The topological polar surface area (TPSA) is 38.9 Å². The van der Waals surface area contributed by atoms with Gasteiger partial charge in [0.15, 0.2) is 0 Å². The van der Waals surface area contributed by atoms with E-state index < -0.39 is 0 Å². The molecule has 2 nitrogen and oxygen atoms in total. The Morgan fingerprint density at radius 3 is 2.93 bits per heavy atom. The van der Waals surface area contributed by atoms with Gasteiger partial charge in [-0.25, -0.2) is 0 Å². The van der Waals surface area contributed by atoms with Crippen molar-refractivity contribution >= 4 is 16.6 Å². The second kappa shape index (κ2) is 2.96. The summed E-state index contributed by atoms with van der Waals surface area (Å²) in [7, 11) is 0. The van der Waals surface area contributed by atoms with Gasteiger partial charge in [0.25, 0.3) is 0 Å². The van der Waals surface area contributed by atoms with Crippen molar-refractivity contribution in [2.75, 3.05) is 5.73 Å². The highest BCUT2D eigenvalue weighted by Gasteiger charge is 2.22. The van der Waals surface area contributed by atoms with E-state index in [-0.39, 0.29) is 0 Å². The van der Waals surface area contributed by atoms with Crippen LogP contribution in [0.25, 0.3) is 10.9 Å². The van der Waals surface area contributed by atoms with Gasteiger partial charge in [-0.1, -0.05) is 25.1 Å². The number of nitrogens with two attached hydrogens (primary N) is 1. The Kier molecular flexibility index (Phi) is 1.72. The standard InChI is InChI=1S/C13H14N2/c1-8-6-10-12(7-8)15-11-5-3-2-4-9(11)13(10)14/h2-5,8H,6-7H2,1H3,(H2,14,15)/t8-/m1/s1. The lowest BCUT2D eigenvalue weighted by Gasteiger charge is -2.07. The predicted octanol–water partition coefficient (Wildman–Crippen LogP) is 2.55. The molecule has 0 saturated heterocycles. The van der Waals surface area contributed by atoms with Gasteiger partial charge in [-0.15, -0.1) is 0 Å². The van der Waals surface area contributed by atoms with Crippen molar-refractivity contribution in [1.82, 2.24) is 4.98 Å². The molecular weight excluding hydrogens is 184 g/mol. The summed E-state index contributed by atoms with van der Waals surface area (Å²) >= 11 is 0. The molecule has 0 aliphatic heterocycles. The number of nitrogens with zero attached hydrogens (tertiary/aromatic N) is 1. The first-order valence-electron chi connectivity index (χ1n) is 5.41. The van der Waals surface area contributed by atoms with Crippen LogP contribution in [0.1, 0.15) is 18.2 Å². The van der Waals surface area contributed by atoms with E-state index in [1.54, 1.807) is 0 Å². The first kappa shape index (κ1) is 8.72. The molecule has 3 rings (SSSR count). The van der Waals surface area contributed by atoms with Gasteiger partial charge in [0.05, 0.1) is 5.52 Å². The highest BCUT2D eigenvalue weighted by molar-refractivity contribution is 5.92. The molecule has 0 unspecified atom stereocenters. The van der Waals surface area contributed by atoms with Crippen molar-refractivity contribution in [2.45, 2.75) is 19.8 Å². The summed E-state index contributed by atoms with van der Waals surface area (Å²) in [6.07, 6.45) is 2.16. The maximum absolute atomic E-state index is 6.19. The fraction of sp³-hybridized carbons (Fsp3) is 0.308. The molecule has 1 atom stereocenters. The number of hydrogen-bond donors (Lipinski definition) is 1. The second-order valence-corrected chi connectivity index (χ2v) is 4.48. The van der Waals surface area contributed by atoms with Gasteiger partial charge in [-0.05, 0) is 30.4 Å². The maximum Gasteiger partial charge on any atom is 0.0726 e. The van der Waals surface area contributed by atoms with E-state index in [0.717, 1.165) is 29.4 Å². The fourth-order valence-corrected chi connectivity index (χ4v) is 2.48. The number of hydrogen-bond acceptors (Lipinski definition) is 2. The van der Waals surface area contributed by atoms with Crippen molar-refractivity contribution in [3.63, 3.8) is 0 Å². The van der Waals surface area contributed by atoms with Gasteiger partial charge in [-0.3, -0.25) is 4.98 Å². The number of anilines is 1. The number of nitrogen functional groups attached to an aromatic ring is 1. The normalized spacial score (nSPS) is 19.4. The second-order valence-electron chi connectivity index (χ2n) is 4.48. The molecule has 0 fully saturated rings. The van der Waals surface area contributed by atoms with Crippen LogP contribution in [0.5, 0.6) is 0 Å². The summed E-state index contributed by atoms with van der Waals surface area (Å²) < 4.78 is 0. The Hall–Kier alpha value is -1.57. The lowest BCUT2D eigenvalue weighted by atomic mass is 10.1. The van der Waals surface area contributed by atoms with E-state index in [1.807, 2.05) is 18.2 Å². The van der Waals surface area contributed by atoms with Crippen LogP contribution in [-0.4, -0.2) is 4.98 Å². The smallest absolute Gasteiger partial charge is 0.0726 e. The monoisotopic (exact) mass is 198 g/mol. The van der Waals surface area contributed by atoms with Crippen LogP contribution >= 0.6 is 0 Å². The molecular formula is C13H14N2. The Morgan fingerprint density at radius 2 is 2.07 bits per heavy atom. The minimum absolute atomic E-state index is 0.687. The van der Waals surface area contributed by atoms with Crippen LogP contribution in [0.3, 0.4) is 0 Å². The lowest BCUT2D eigenvalue weighted by molar-refractivity contribution is 0.624. The molecule has 1 aromatic carbocycles. The summed E-state index contributed by atoms with van der Waals surface area (Å²) in [6, 6.07) is 8.13. The zero-order valence-corrected chi connectivity index (χ0v) is 8.83. The molecule has 0 amide bonds. The molecule has 76 valence electrons. The van der Waals surface area contributed by atoms with Crippen LogP contribution in [-0.2, 0) is 12.8 Å². The highest BCUT2D eigenvalue weighted by Crippen LogP contribution is 2.33. The third-order valence-electron chi connectivity index (χ3n) is 3.22. The molecule has 1 aromatic heterocycles. The minimum atomic E-state index is 0.687. The van der Waals surface area contributed by atoms with Crippen molar-refractivity contribution in [1.29, 1.82) is 0 Å². The molecule has 1 heterocycles. The van der Waals surface area contributed by atoms with Gasteiger partial charge >= 0.3 is 0 Å². The zero-order valence-electron chi connectivity index (χ0n) is 8.83. The summed E-state index contributed by atoms with van der Waals surface area (Å²) in [5.74, 6) is 0.687. The maximum atomic E-state index is 6.19. The number of benzene rings is 1. The number of pyridine rings is 1. The Labute approximate surface area is 89.1 Å². The number of para-hydroxylation sites is 1. The van der Waals surface area contributed by atoms with Gasteiger partial charge in [0, 0.05) is 16.8 Å².